The van der Waals surface area contributed by atoms with E-state index in [-0.39, 0.29) is 24.9 Å². The molecule has 9 heteroatoms. The Bertz CT molecular complexity index is 1060. The molecule has 0 saturated carbocycles. The van der Waals surface area contributed by atoms with Gasteiger partial charge in [0.15, 0.2) is 11.7 Å². The van der Waals surface area contributed by atoms with Crippen LogP contribution < -0.4 is 15.6 Å². The normalized spacial score (nSPS) is 10.7. The van der Waals surface area contributed by atoms with Gasteiger partial charge in [-0.25, -0.2) is 4.98 Å². The second kappa shape index (κ2) is 10.3. The van der Waals surface area contributed by atoms with Gasteiger partial charge in [-0.05, 0) is 56.3 Å². The molecule has 2 amide bonds. The van der Waals surface area contributed by atoms with Crippen molar-refractivity contribution in [3.63, 3.8) is 0 Å². The third-order valence-electron chi connectivity index (χ3n) is 4.12. The summed E-state index contributed by atoms with van der Waals surface area (Å²) in [4.78, 5) is 28.4. The van der Waals surface area contributed by atoms with Gasteiger partial charge in [0, 0.05) is 29.0 Å². The summed E-state index contributed by atoms with van der Waals surface area (Å²) in [5.74, 6) is 0.719. The van der Waals surface area contributed by atoms with E-state index in [1.165, 1.54) is 6.20 Å². The van der Waals surface area contributed by atoms with Crippen molar-refractivity contribution in [1.29, 1.82) is 0 Å². The molecule has 1 aromatic heterocycles. The minimum Gasteiger partial charge on any atom is -0.491 e. The summed E-state index contributed by atoms with van der Waals surface area (Å²) in [6, 6.07) is 11.7. The fourth-order valence-corrected chi connectivity index (χ4v) is 3.18. The number of amides is 2. The molecule has 0 aliphatic heterocycles. The monoisotopic (exact) mass is 461 g/mol. The molecule has 0 unspecified atom stereocenters. The van der Waals surface area contributed by atoms with E-state index in [4.69, 9.17) is 32.4 Å². The molecule has 0 aliphatic carbocycles. The van der Waals surface area contributed by atoms with Crippen LogP contribution in [0.3, 0.4) is 0 Å². The maximum absolute atomic E-state index is 12.2. The van der Waals surface area contributed by atoms with Gasteiger partial charge >= 0.3 is 0 Å². The van der Waals surface area contributed by atoms with Gasteiger partial charge in [0.1, 0.15) is 5.75 Å². The topological polar surface area (TPSA) is 93.5 Å². The zero-order valence-corrected chi connectivity index (χ0v) is 18.5. The first-order chi connectivity index (χ1) is 14.8. The van der Waals surface area contributed by atoms with E-state index < -0.39 is 5.91 Å². The van der Waals surface area contributed by atoms with Gasteiger partial charge in [0.25, 0.3) is 5.91 Å². The Morgan fingerprint density at radius 2 is 1.84 bits per heavy atom. The van der Waals surface area contributed by atoms with E-state index in [0.29, 0.717) is 38.6 Å². The molecule has 0 fully saturated rings. The Hall–Kier alpha value is -3.03. The zero-order valence-electron chi connectivity index (χ0n) is 16.9. The van der Waals surface area contributed by atoms with Crippen LogP contribution in [0.15, 0.2) is 53.1 Å². The number of halogens is 2. The van der Waals surface area contributed by atoms with E-state index >= 15 is 0 Å². The number of benzene rings is 2. The minimum atomic E-state index is -0.430. The number of hydrogen-bond acceptors (Lipinski definition) is 5. The molecule has 0 bridgehead atoms. The zero-order chi connectivity index (χ0) is 22.4. The maximum atomic E-state index is 12.2. The van der Waals surface area contributed by atoms with Gasteiger partial charge in [-0.15, -0.1) is 0 Å². The maximum Gasteiger partial charge on any atom is 0.269 e. The van der Waals surface area contributed by atoms with Crippen molar-refractivity contribution < 1.29 is 18.7 Å². The number of oxazole rings is 1. The van der Waals surface area contributed by atoms with Gasteiger partial charge in [-0.2, -0.15) is 0 Å². The minimum absolute atomic E-state index is 0.0434. The molecule has 0 saturated heterocycles. The van der Waals surface area contributed by atoms with Crippen molar-refractivity contribution in [2.45, 2.75) is 32.8 Å². The summed E-state index contributed by atoms with van der Waals surface area (Å²) >= 11 is 12.1. The second-order valence-electron chi connectivity index (χ2n) is 6.94. The summed E-state index contributed by atoms with van der Waals surface area (Å²) in [5.41, 5.74) is 5.81. The Kier molecular flexibility index (Phi) is 7.55. The average Bonchev–Trinajstić information content (AvgIpc) is 3.19. The summed E-state index contributed by atoms with van der Waals surface area (Å²) in [5, 5.41) is 0.964. The summed E-state index contributed by atoms with van der Waals surface area (Å²) < 4.78 is 11.2. The lowest BCUT2D eigenvalue weighted by atomic mass is 10.2. The average molecular weight is 462 g/mol. The number of carbonyl (C=O) groups excluding carboxylic acids is 2. The lowest BCUT2D eigenvalue weighted by Crippen LogP contribution is -2.41. The molecule has 3 aromatic rings. The molecule has 1 heterocycles. The van der Waals surface area contributed by atoms with Crippen LogP contribution in [0, 0.1) is 0 Å². The first-order valence-corrected chi connectivity index (χ1v) is 10.3. The molecule has 3 rings (SSSR count). The smallest absolute Gasteiger partial charge is 0.269 e. The Labute approximate surface area is 189 Å². The molecule has 0 radical (unpaired) electrons. The van der Waals surface area contributed by atoms with E-state index in [1.54, 1.807) is 42.5 Å². The first kappa shape index (κ1) is 22.7. The first-order valence-electron chi connectivity index (χ1n) is 9.58. The number of ether oxygens (including phenoxy) is 1. The summed E-state index contributed by atoms with van der Waals surface area (Å²) in [6.07, 6.45) is 1.92. The number of hydrazine groups is 1. The van der Waals surface area contributed by atoms with Crippen LogP contribution in [-0.4, -0.2) is 22.9 Å². The number of aryl methyl sites for hydroxylation is 1. The Morgan fingerprint density at radius 3 is 2.52 bits per heavy atom. The number of carbonyl (C=O) groups is 2. The third kappa shape index (κ3) is 6.47. The van der Waals surface area contributed by atoms with Crippen molar-refractivity contribution in [2.24, 2.45) is 0 Å². The number of rotatable bonds is 7. The lowest BCUT2D eigenvalue weighted by molar-refractivity contribution is -0.121. The standard InChI is InChI=1S/C22H21Cl2N3O4/c1-13(2)30-16-6-3-14(4-7-16)22(29)27-26-20(28)9-10-21-25-12-19(31-21)17-8-5-15(23)11-18(17)24/h3-8,11-13H,9-10H2,1-2H3,(H,26,28)(H,27,29). The van der Waals surface area contributed by atoms with Gasteiger partial charge in [-0.1, -0.05) is 23.2 Å². The van der Waals surface area contributed by atoms with Gasteiger partial charge in [0.2, 0.25) is 5.91 Å². The van der Waals surface area contributed by atoms with Gasteiger partial charge in [-0.3, -0.25) is 20.4 Å². The van der Waals surface area contributed by atoms with Crippen molar-refractivity contribution in [3.05, 3.63) is 70.2 Å². The fraction of sp³-hybridized carbons (Fsp3) is 0.227. The predicted octanol–water partition coefficient (Wildman–Crippen LogP) is 4.83. The second-order valence-corrected chi connectivity index (χ2v) is 7.78. The highest BCUT2D eigenvalue weighted by Crippen LogP contribution is 2.30. The van der Waals surface area contributed by atoms with Crippen LogP contribution in [-0.2, 0) is 11.2 Å². The van der Waals surface area contributed by atoms with Crippen LogP contribution >= 0.6 is 23.2 Å². The van der Waals surface area contributed by atoms with Crippen molar-refractivity contribution in [3.8, 4) is 17.1 Å². The SMILES string of the molecule is CC(C)Oc1ccc(C(=O)NNC(=O)CCc2ncc(-c3ccc(Cl)cc3Cl)o2)cc1. The number of hydrogen-bond donors (Lipinski definition) is 2. The Morgan fingerprint density at radius 1 is 1.10 bits per heavy atom. The quantitative estimate of drug-likeness (QED) is 0.491. The molecular weight excluding hydrogens is 441 g/mol. The molecule has 7 nitrogen and oxygen atoms in total. The van der Waals surface area contributed by atoms with Gasteiger partial charge in [0.05, 0.1) is 17.3 Å². The number of aromatic nitrogens is 1. The highest BCUT2D eigenvalue weighted by atomic mass is 35.5. The lowest BCUT2D eigenvalue weighted by Gasteiger charge is -2.10. The van der Waals surface area contributed by atoms with Crippen LogP contribution in [0.4, 0.5) is 0 Å². The molecule has 162 valence electrons. The summed E-state index contributed by atoms with van der Waals surface area (Å²) in [7, 11) is 0. The number of nitrogens with zero attached hydrogens (tertiary/aromatic N) is 1. The van der Waals surface area contributed by atoms with E-state index in [1.807, 2.05) is 13.8 Å². The highest BCUT2D eigenvalue weighted by molar-refractivity contribution is 6.36. The van der Waals surface area contributed by atoms with Crippen molar-refractivity contribution in [1.82, 2.24) is 15.8 Å². The van der Waals surface area contributed by atoms with E-state index in [2.05, 4.69) is 15.8 Å². The van der Waals surface area contributed by atoms with Gasteiger partial charge < -0.3 is 9.15 Å². The van der Waals surface area contributed by atoms with E-state index in [9.17, 15) is 9.59 Å². The van der Waals surface area contributed by atoms with Crippen LogP contribution in [0.25, 0.3) is 11.3 Å². The molecule has 0 atom stereocenters. The molecule has 2 N–H and O–H groups in total. The molecule has 0 aliphatic rings. The Balaban J connectivity index is 1.47. The molecule has 0 spiro atoms. The molecular formula is C22H21Cl2N3O4. The van der Waals surface area contributed by atoms with Crippen molar-refractivity contribution >= 4 is 35.0 Å². The third-order valence-corrected chi connectivity index (χ3v) is 4.67. The van der Waals surface area contributed by atoms with Crippen LogP contribution in [0.1, 0.15) is 36.5 Å². The molecule has 2 aromatic carbocycles. The van der Waals surface area contributed by atoms with Crippen molar-refractivity contribution in [2.75, 3.05) is 0 Å². The largest absolute Gasteiger partial charge is 0.491 e. The van der Waals surface area contributed by atoms with Crippen LogP contribution in [0.5, 0.6) is 5.75 Å². The highest BCUT2D eigenvalue weighted by Gasteiger charge is 2.13. The van der Waals surface area contributed by atoms with Crippen LogP contribution in [0.2, 0.25) is 10.0 Å². The van der Waals surface area contributed by atoms with E-state index in [0.717, 1.165) is 0 Å². The molecule has 31 heavy (non-hydrogen) atoms. The fourth-order valence-electron chi connectivity index (χ4n) is 2.68. The predicted molar refractivity (Wildman–Crippen MR) is 118 cm³/mol. The number of nitrogens with one attached hydrogen (secondary N) is 2. The summed E-state index contributed by atoms with van der Waals surface area (Å²) in [6.45, 7) is 3.84.